The highest BCUT2D eigenvalue weighted by Crippen LogP contribution is 2.29. The Kier molecular flexibility index (Phi) is 5.99. The summed E-state index contributed by atoms with van der Waals surface area (Å²) in [5.41, 5.74) is -0.751. The third-order valence-corrected chi connectivity index (χ3v) is 4.04. The molecule has 1 atom stereocenters. The molecule has 2 rings (SSSR count). The Balaban J connectivity index is 1.86. The average Bonchev–Trinajstić information content (AvgIpc) is 2.58. The predicted molar refractivity (Wildman–Crippen MR) is 81.8 cm³/mol. The molecule has 1 aliphatic rings. The van der Waals surface area contributed by atoms with Crippen LogP contribution in [0.4, 0.5) is 19.0 Å². The third-order valence-electron chi connectivity index (χ3n) is 4.04. The van der Waals surface area contributed by atoms with Gasteiger partial charge in [0.25, 0.3) is 0 Å². The Hall–Kier alpha value is -2.32. The number of hydrogen-bond acceptors (Lipinski definition) is 5. The summed E-state index contributed by atoms with van der Waals surface area (Å²) in [5, 5.41) is 17.7. The number of halogens is 3. The van der Waals surface area contributed by atoms with E-state index in [9.17, 15) is 13.2 Å². The van der Waals surface area contributed by atoms with Crippen molar-refractivity contribution in [2.45, 2.75) is 19.0 Å². The van der Waals surface area contributed by atoms with Crippen LogP contribution in [0.15, 0.2) is 18.3 Å². The number of nitriles is 2. The fourth-order valence-electron chi connectivity index (χ4n) is 2.65. The average molecular weight is 337 g/mol. The van der Waals surface area contributed by atoms with Gasteiger partial charge in [-0.05, 0) is 18.6 Å². The molecule has 8 heteroatoms. The normalized spacial score (nSPS) is 17.1. The highest BCUT2D eigenvalue weighted by molar-refractivity contribution is 5.40. The van der Waals surface area contributed by atoms with Crippen molar-refractivity contribution in [1.29, 1.82) is 10.5 Å². The second kappa shape index (κ2) is 7.98. The van der Waals surface area contributed by atoms with Crippen molar-refractivity contribution in [3.05, 3.63) is 23.9 Å². The van der Waals surface area contributed by atoms with Gasteiger partial charge >= 0.3 is 6.18 Å². The van der Waals surface area contributed by atoms with Crippen LogP contribution in [0, 0.1) is 28.6 Å². The van der Waals surface area contributed by atoms with Gasteiger partial charge in [0.1, 0.15) is 5.82 Å². The van der Waals surface area contributed by atoms with Crippen LogP contribution in [0.25, 0.3) is 0 Å². The minimum absolute atomic E-state index is 0.166. The maximum absolute atomic E-state index is 12.5. The van der Waals surface area contributed by atoms with Gasteiger partial charge in [-0.3, -0.25) is 4.90 Å². The van der Waals surface area contributed by atoms with E-state index in [1.54, 1.807) is 0 Å². The van der Waals surface area contributed by atoms with E-state index in [0.717, 1.165) is 12.3 Å². The molecule has 24 heavy (non-hydrogen) atoms. The molecule has 0 bridgehead atoms. The Bertz CT molecular complexity index is 607. The van der Waals surface area contributed by atoms with E-state index in [0.29, 0.717) is 51.4 Å². The Morgan fingerprint density at radius 3 is 2.38 bits per heavy atom. The molecule has 1 saturated heterocycles. The number of hydrogen-bond donors (Lipinski definition) is 0. The van der Waals surface area contributed by atoms with E-state index in [2.05, 4.69) is 16.0 Å². The molecule has 1 fully saturated rings. The van der Waals surface area contributed by atoms with Crippen LogP contribution in [0.3, 0.4) is 0 Å². The molecular weight excluding hydrogens is 319 g/mol. The highest BCUT2D eigenvalue weighted by Gasteiger charge is 2.31. The second-order valence-corrected chi connectivity index (χ2v) is 5.71. The molecule has 0 unspecified atom stereocenters. The number of piperazine rings is 1. The lowest BCUT2D eigenvalue weighted by Crippen LogP contribution is -2.48. The lowest BCUT2D eigenvalue weighted by Gasteiger charge is -2.36. The van der Waals surface area contributed by atoms with Crippen molar-refractivity contribution in [2.75, 3.05) is 37.6 Å². The first kappa shape index (κ1) is 18.0. The zero-order valence-corrected chi connectivity index (χ0v) is 13.1. The molecule has 0 aliphatic carbocycles. The summed E-state index contributed by atoms with van der Waals surface area (Å²) in [6.07, 6.45) is -2.59. The summed E-state index contributed by atoms with van der Waals surface area (Å²) >= 11 is 0. The monoisotopic (exact) mass is 337 g/mol. The van der Waals surface area contributed by atoms with Gasteiger partial charge in [-0.2, -0.15) is 23.7 Å². The first-order chi connectivity index (χ1) is 11.4. The van der Waals surface area contributed by atoms with Crippen LogP contribution in [0.1, 0.15) is 18.4 Å². The van der Waals surface area contributed by atoms with Gasteiger partial charge in [-0.1, -0.05) is 0 Å². The quantitative estimate of drug-likeness (QED) is 0.826. The first-order valence-corrected chi connectivity index (χ1v) is 7.71. The number of anilines is 1. The molecular formula is C16H18F3N5. The number of pyridine rings is 1. The summed E-state index contributed by atoms with van der Waals surface area (Å²) in [6.45, 7) is 3.34. The van der Waals surface area contributed by atoms with Gasteiger partial charge in [-0.25, -0.2) is 4.98 Å². The minimum atomic E-state index is -4.38. The smallest absolute Gasteiger partial charge is 0.354 e. The molecule has 0 radical (unpaired) electrons. The summed E-state index contributed by atoms with van der Waals surface area (Å²) < 4.78 is 37.6. The van der Waals surface area contributed by atoms with Crippen molar-refractivity contribution < 1.29 is 13.2 Å². The summed E-state index contributed by atoms with van der Waals surface area (Å²) in [5.74, 6) is 0.365. The van der Waals surface area contributed by atoms with Crippen LogP contribution in [0.2, 0.25) is 0 Å². The summed E-state index contributed by atoms with van der Waals surface area (Å²) in [7, 11) is 0. The number of alkyl halides is 3. The van der Waals surface area contributed by atoms with Gasteiger partial charge in [0.15, 0.2) is 0 Å². The van der Waals surface area contributed by atoms with E-state index in [1.165, 1.54) is 6.07 Å². The molecule has 2 heterocycles. The molecule has 1 aromatic rings. The molecule has 1 aliphatic heterocycles. The fraction of sp³-hybridized carbons (Fsp3) is 0.562. The number of rotatable bonds is 5. The van der Waals surface area contributed by atoms with Gasteiger partial charge < -0.3 is 4.90 Å². The van der Waals surface area contributed by atoms with Crippen LogP contribution in [-0.4, -0.2) is 42.6 Å². The van der Waals surface area contributed by atoms with Gasteiger partial charge in [0.05, 0.1) is 23.6 Å². The molecule has 128 valence electrons. The molecule has 0 aromatic carbocycles. The largest absolute Gasteiger partial charge is 0.417 e. The Morgan fingerprint density at radius 2 is 1.88 bits per heavy atom. The zero-order valence-electron chi connectivity index (χ0n) is 13.1. The lowest BCUT2D eigenvalue weighted by atomic mass is 10.0. The highest BCUT2D eigenvalue weighted by atomic mass is 19.4. The van der Waals surface area contributed by atoms with Crippen LogP contribution in [0.5, 0.6) is 0 Å². The topological polar surface area (TPSA) is 67.0 Å². The van der Waals surface area contributed by atoms with Crippen molar-refractivity contribution in [2.24, 2.45) is 5.92 Å². The van der Waals surface area contributed by atoms with Crippen LogP contribution >= 0.6 is 0 Å². The summed E-state index contributed by atoms with van der Waals surface area (Å²) in [4.78, 5) is 7.99. The van der Waals surface area contributed by atoms with Gasteiger partial charge in [0.2, 0.25) is 0 Å². The minimum Gasteiger partial charge on any atom is -0.354 e. The molecule has 0 N–H and O–H groups in total. The molecule has 0 spiro atoms. The van der Waals surface area contributed by atoms with Crippen LogP contribution < -0.4 is 4.90 Å². The van der Waals surface area contributed by atoms with Crippen molar-refractivity contribution in [3.63, 3.8) is 0 Å². The molecule has 0 amide bonds. The van der Waals surface area contributed by atoms with E-state index < -0.39 is 11.7 Å². The fourth-order valence-corrected chi connectivity index (χ4v) is 2.65. The SMILES string of the molecule is N#CCC[C@H](C#N)CN1CCN(c2ccc(C(F)(F)F)cn2)CC1. The predicted octanol–water partition coefficient (Wildman–Crippen LogP) is 2.67. The van der Waals surface area contributed by atoms with E-state index in [-0.39, 0.29) is 5.92 Å². The lowest BCUT2D eigenvalue weighted by molar-refractivity contribution is -0.137. The summed E-state index contributed by atoms with van der Waals surface area (Å²) in [6, 6.07) is 6.71. The Labute approximate surface area is 138 Å². The van der Waals surface area contributed by atoms with E-state index in [1.807, 2.05) is 11.0 Å². The van der Waals surface area contributed by atoms with Crippen LogP contribution in [-0.2, 0) is 6.18 Å². The molecule has 5 nitrogen and oxygen atoms in total. The standard InChI is InChI=1S/C16H18F3N5/c17-16(18,19)14-3-4-15(22-11-14)24-8-6-23(7-9-24)12-13(10-21)2-1-5-20/h3-4,11,13H,1-2,6-9,12H2/t13-/m1/s1. The maximum Gasteiger partial charge on any atom is 0.417 e. The van der Waals surface area contributed by atoms with E-state index in [4.69, 9.17) is 10.5 Å². The number of aromatic nitrogens is 1. The third kappa shape index (κ3) is 4.84. The van der Waals surface area contributed by atoms with E-state index >= 15 is 0 Å². The first-order valence-electron chi connectivity index (χ1n) is 7.71. The van der Waals surface area contributed by atoms with Gasteiger partial charge in [0, 0.05) is 45.3 Å². The molecule has 1 aromatic heterocycles. The van der Waals surface area contributed by atoms with Crippen molar-refractivity contribution in [3.8, 4) is 12.1 Å². The maximum atomic E-state index is 12.5. The van der Waals surface area contributed by atoms with Gasteiger partial charge in [-0.15, -0.1) is 0 Å². The van der Waals surface area contributed by atoms with Crippen molar-refractivity contribution >= 4 is 5.82 Å². The zero-order chi connectivity index (χ0) is 17.6. The Morgan fingerprint density at radius 1 is 1.17 bits per heavy atom. The molecule has 0 saturated carbocycles. The second-order valence-electron chi connectivity index (χ2n) is 5.71. The van der Waals surface area contributed by atoms with Crippen molar-refractivity contribution in [1.82, 2.24) is 9.88 Å². The number of nitrogens with zero attached hydrogens (tertiary/aromatic N) is 5.